The molecule has 0 aromatic heterocycles. The topological polar surface area (TPSA) is 0 Å². The molecule has 142 valence electrons. The standard InChI is InChI=1S/C28H30/c1-3-5-13-25-17-21-27(22-18-25)15-11-9-7-8-10-12-16-28-23-19-26(20-24-28)14-6-4-2/h3-4,7,9-11,15-24H,1-2,5-6,8,13-14H2/b9-7+,15-11+. The van der Waals surface area contributed by atoms with Crippen LogP contribution >= 0.6 is 0 Å². The van der Waals surface area contributed by atoms with E-state index >= 15 is 0 Å². The Kier molecular flexibility index (Phi) is 9.96. The van der Waals surface area contributed by atoms with Gasteiger partial charge in [-0.15, -0.1) is 18.9 Å². The fourth-order valence-electron chi connectivity index (χ4n) is 2.73. The lowest BCUT2D eigenvalue weighted by atomic mass is 10.1. The number of hydrogen-bond donors (Lipinski definition) is 0. The molecule has 28 heavy (non-hydrogen) atoms. The van der Waals surface area contributed by atoms with Gasteiger partial charge in [0.2, 0.25) is 0 Å². The van der Waals surface area contributed by atoms with Crippen molar-refractivity contribution in [3.05, 3.63) is 126 Å². The third kappa shape index (κ3) is 8.54. The van der Waals surface area contributed by atoms with Crippen molar-refractivity contribution >= 4 is 12.2 Å². The molecule has 0 atom stereocenters. The zero-order valence-corrected chi connectivity index (χ0v) is 16.7. The molecule has 0 aliphatic carbocycles. The molecule has 0 amide bonds. The van der Waals surface area contributed by atoms with Crippen LogP contribution in [0.5, 0.6) is 0 Å². The number of benzene rings is 2. The second-order valence-electron chi connectivity index (χ2n) is 6.68. The quantitative estimate of drug-likeness (QED) is 0.217. The summed E-state index contributed by atoms with van der Waals surface area (Å²) in [4.78, 5) is 0. The van der Waals surface area contributed by atoms with Gasteiger partial charge < -0.3 is 0 Å². The van der Waals surface area contributed by atoms with E-state index in [1.807, 2.05) is 24.3 Å². The number of aryl methyl sites for hydroxylation is 2. The highest BCUT2D eigenvalue weighted by Gasteiger charge is 1.92. The Bertz CT molecular complexity index is 836. The van der Waals surface area contributed by atoms with Gasteiger partial charge >= 0.3 is 0 Å². The van der Waals surface area contributed by atoms with Crippen molar-refractivity contribution in [2.24, 2.45) is 0 Å². The molecule has 0 spiro atoms. The Morgan fingerprint density at radius 2 is 1.29 bits per heavy atom. The summed E-state index contributed by atoms with van der Waals surface area (Å²) in [6, 6.07) is 17.3. The highest BCUT2D eigenvalue weighted by Crippen LogP contribution is 2.09. The summed E-state index contributed by atoms with van der Waals surface area (Å²) in [6.07, 6.45) is 21.5. The summed E-state index contributed by atoms with van der Waals surface area (Å²) >= 11 is 0. The Hall–Kier alpha value is -3.08. The summed E-state index contributed by atoms with van der Waals surface area (Å²) in [6.45, 7) is 7.53. The minimum absolute atomic E-state index is 0.874. The Balaban J connectivity index is 1.75. The van der Waals surface area contributed by atoms with Crippen LogP contribution in [0.4, 0.5) is 0 Å². The van der Waals surface area contributed by atoms with Crippen LogP contribution in [0.3, 0.4) is 0 Å². The SMILES string of the molecule is C=CCCc1ccc(C=C=CC/C=C/C=C/c2ccc(CCC=C)cc2)cc1. The first kappa shape index (κ1) is 21.2. The molecule has 0 saturated carbocycles. The van der Waals surface area contributed by atoms with Crippen molar-refractivity contribution in [1.82, 2.24) is 0 Å². The fraction of sp³-hybridized carbons (Fsp3) is 0.179. The molecule has 0 heteroatoms. The average Bonchev–Trinajstić information content (AvgIpc) is 2.74. The first-order valence-corrected chi connectivity index (χ1v) is 9.95. The molecule has 2 aromatic carbocycles. The van der Waals surface area contributed by atoms with E-state index in [1.54, 1.807) is 0 Å². The van der Waals surface area contributed by atoms with E-state index < -0.39 is 0 Å². The Morgan fingerprint density at radius 1 is 0.714 bits per heavy atom. The van der Waals surface area contributed by atoms with E-state index in [-0.39, 0.29) is 0 Å². The Morgan fingerprint density at radius 3 is 1.86 bits per heavy atom. The predicted octanol–water partition coefficient (Wildman–Crippen LogP) is 7.75. The molecule has 0 heterocycles. The smallest absolute Gasteiger partial charge is 0.00898 e. The minimum Gasteiger partial charge on any atom is -0.124 e. The van der Waals surface area contributed by atoms with Crippen LogP contribution in [0.2, 0.25) is 0 Å². The molecule has 0 saturated heterocycles. The largest absolute Gasteiger partial charge is 0.124 e. The van der Waals surface area contributed by atoms with Gasteiger partial charge in [0.25, 0.3) is 0 Å². The van der Waals surface area contributed by atoms with Gasteiger partial charge in [-0.2, -0.15) is 0 Å². The van der Waals surface area contributed by atoms with Gasteiger partial charge in [0.1, 0.15) is 0 Å². The molecule has 0 aliphatic heterocycles. The van der Waals surface area contributed by atoms with Crippen LogP contribution in [0.15, 0.2) is 104 Å². The molecular weight excluding hydrogens is 336 g/mol. The second-order valence-corrected chi connectivity index (χ2v) is 6.68. The maximum atomic E-state index is 3.77. The molecular formula is C28H30. The maximum absolute atomic E-state index is 3.77. The van der Waals surface area contributed by atoms with Crippen LogP contribution in [0.25, 0.3) is 12.2 Å². The predicted molar refractivity (Wildman–Crippen MR) is 125 cm³/mol. The van der Waals surface area contributed by atoms with Crippen molar-refractivity contribution < 1.29 is 0 Å². The molecule has 0 bridgehead atoms. The molecule has 2 rings (SSSR count). The third-order valence-electron chi connectivity index (χ3n) is 4.39. The molecule has 0 fully saturated rings. The fourth-order valence-corrected chi connectivity index (χ4v) is 2.73. The first-order valence-electron chi connectivity index (χ1n) is 9.95. The summed E-state index contributed by atoms with van der Waals surface area (Å²) < 4.78 is 0. The molecule has 0 unspecified atom stereocenters. The zero-order valence-electron chi connectivity index (χ0n) is 16.7. The van der Waals surface area contributed by atoms with Crippen LogP contribution in [0, 0.1) is 0 Å². The lowest BCUT2D eigenvalue weighted by Crippen LogP contribution is -1.82. The zero-order chi connectivity index (χ0) is 19.9. The number of rotatable bonds is 11. The van der Waals surface area contributed by atoms with Gasteiger partial charge in [-0.3, -0.25) is 0 Å². The van der Waals surface area contributed by atoms with Crippen LogP contribution < -0.4 is 0 Å². The molecule has 2 aromatic rings. The summed E-state index contributed by atoms with van der Waals surface area (Å²) in [5, 5.41) is 0. The van der Waals surface area contributed by atoms with E-state index in [2.05, 4.69) is 91.7 Å². The van der Waals surface area contributed by atoms with Gasteiger partial charge in [-0.25, -0.2) is 0 Å². The van der Waals surface area contributed by atoms with Gasteiger partial charge in [-0.05, 0) is 66.5 Å². The summed E-state index contributed by atoms with van der Waals surface area (Å²) in [5.74, 6) is 0. The number of allylic oxidation sites excluding steroid dienone is 6. The van der Waals surface area contributed by atoms with E-state index in [1.165, 1.54) is 22.3 Å². The lowest BCUT2D eigenvalue weighted by Gasteiger charge is -1.98. The lowest BCUT2D eigenvalue weighted by molar-refractivity contribution is 1.00. The third-order valence-corrected chi connectivity index (χ3v) is 4.39. The van der Waals surface area contributed by atoms with Crippen LogP contribution in [-0.2, 0) is 12.8 Å². The molecule has 0 nitrogen and oxygen atoms in total. The first-order chi connectivity index (χ1) is 13.8. The van der Waals surface area contributed by atoms with E-state index in [4.69, 9.17) is 0 Å². The van der Waals surface area contributed by atoms with Crippen LogP contribution in [0.1, 0.15) is 41.5 Å². The maximum Gasteiger partial charge on any atom is -0.00898 e. The van der Waals surface area contributed by atoms with Crippen molar-refractivity contribution in [3.8, 4) is 0 Å². The normalized spacial score (nSPS) is 10.7. The van der Waals surface area contributed by atoms with Crippen molar-refractivity contribution in [1.29, 1.82) is 0 Å². The van der Waals surface area contributed by atoms with Crippen molar-refractivity contribution in [3.63, 3.8) is 0 Å². The van der Waals surface area contributed by atoms with Gasteiger partial charge in [0, 0.05) is 0 Å². The highest BCUT2D eigenvalue weighted by molar-refractivity contribution is 5.51. The van der Waals surface area contributed by atoms with E-state index in [0.717, 1.165) is 32.1 Å². The van der Waals surface area contributed by atoms with Gasteiger partial charge in [-0.1, -0.05) is 85.0 Å². The number of hydrogen-bond acceptors (Lipinski definition) is 0. The minimum atomic E-state index is 0.874. The van der Waals surface area contributed by atoms with Crippen molar-refractivity contribution in [2.45, 2.75) is 32.1 Å². The summed E-state index contributed by atoms with van der Waals surface area (Å²) in [7, 11) is 0. The molecule has 0 N–H and O–H groups in total. The highest BCUT2D eigenvalue weighted by atomic mass is 14.0. The Labute approximate surface area is 170 Å². The second kappa shape index (κ2) is 13.1. The van der Waals surface area contributed by atoms with Gasteiger partial charge in [0.05, 0.1) is 0 Å². The van der Waals surface area contributed by atoms with E-state index in [0.29, 0.717) is 0 Å². The van der Waals surface area contributed by atoms with Crippen molar-refractivity contribution in [2.75, 3.05) is 0 Å². The van der Waals surface area contributed by atoms with Crippen LogP contribution in [-0.4, -0.2) is 0 Å². The summed E-state index contributed by atoms with van der Waals surface area (Å²) in [5.41, 5.74) is 8.35. The van der Waals surface area contributed by atoms with E-state index in [9.17, 15) is 0 Å². The average molecular weight is 367 g/mol. The molecule has 0 radical (unpaired) electrons. The van der Waals surface area contributed by atoms with Gasteiger partial charge in [0.15, 0.2) is 0 Å². The molecule has 0 aliphatic rings. The monoisotopic (exact) mass is 366 g/mol.